The Bertz CT molecular complexity index is 1490. The van der Waals surface area contributed by atoms with E-state index >= 15 is 0 Å². The van der Waals surface area contributed by atoms with Crippen molar-refractivity contribution >= 4 is 44.0 Å². The number of H-pyrrole nitrogens is 1. The van der Waals surface area contributed by atoms with Crippen molar-refractivity contribution in [3.63, 3.8) is 0 Å². The number of hydrogen-bond donors (Lipinski definition) is 2. The summed E-state index contributed by atoms with van der Waals surface area (Å²) in [6, 6.07) is 23.6. The van der Waals surface area contributed by atoms with Crippen molar-refractivity contribution in [1.82, 2.24) is 4.98 Å². The van der Waals surface area contributed by atoms with E-state index in [-0.39, 0.29) is 18.2 Å². The highest BCUT2D eigenvalue weighted by molar-refractivity contribution is 7.92. The number of aromatic amines is 1. The number of fused-ring (bicyclic) bond motifs is 1. The number of aromatic hydroxyl groups is 1. The fourth-order valence-corrected chi connectivity index (χ4v) is 4.94. The van der Waals surface area contributed by atoms with Gasteiger partial charge in [0.05, 0.1) is 35.0 Å². The molecule has 8 nitrogen and oxygen atoms in total. The van der Waals surface area contributed by atoms with Crippen molar-refractivity contribution in [2.45, 2.75) is 13.8 Å². The zero-order valence-electron chi connectivity index (χ0n) is 20.0. The summed E-state index contributed by atoms with van der Waals surface area (Å²) >= 11 is 0. The van der Waals surface area contributed by atoms with Crippen LogP contribution in [0, 0.1) is 0 Å². The minimum Gasteiger partial charge on any atom is -0.494 e. The number of esters is 1. The molecular formula is C27H27N3O5S. The lowest BCUT2D eigenvalue weighted by Crippen LogP contribution is -2.37. The molecule has 0 atom stereocenters. The quantitative estimate of drug-likeness (QED) is 0.252. The van der Waals surface area contributed by atoms with Crippen molar-refractivity contribution in [2.24, 2.45) is 4.99 Å². The highest BCUT2D eigenvalue weighted by Gasteiger charge is 2.24. The van der Waals surface area contributed by atoms with Crippen LogP contribution in [0.25, 0.3) is 10.9 Å². The number of hydrogen-bond acceptors (Lipinski definition) is 6. The van der Waals surface area contributed by atoms with Crippen LogP contribution >= 0.6 is 0 Å². The number of nitrogens with one attached hydrogen (secondary N) is 1. The number of para-hydroxylation sites is 1. The van der Waals surface area contributed by atoms with E-state index < -0.39 is 22.5 Å². The lowest BCUT2D eigenvalue weighted by atomic mass is 10.0. The summed E-state index contributed by atoms with van der Waals surface area (Å²) in [7, 11) is -3.71. The second kappa shape index (κ2) is 10.7. The van der Waals surface area contributed by atoms with Crippen molar-refractivity contribution in [3.8, 4) is 5.88 Å². The zero-order chi connectivity index (χ0) is 25.7. The van der Waals surface area contributed by atoms with Gasteiger partial charge < -0.3 is 14.8 Å². The van der Waals surface area contributed by atoms with Gasteiger partial charge in [-0.2, -0.15) is 0 Å². The van der Waals surface area contributed by atoms with Crippen LogP contribution < -0.4 is 4.31 Å². The van der Waals surface area contributed by atoms with Crippen molar-refractivity contribution in [3.05, 3.63) is 90.0 Å². The molecule has 4 rings (SSSR count). The van der Waals surface area contributed by atoms with Gasteiger partial charge in [0, 0.05) is 16.5 Å². The number of benzene rings is 3. The number of carbonyl (C=O) groups excluding carboxylic acids is 1. The molecule has 3 aromatic carbocycles. The molecule has 1 aromatic heterocycles. The number of aliphatic imine (C=N–C) groups is 1. The molecule has 9 heteroatoms. The maximum Gasteiger partial charge on any atom is 0.326 e. The Labute approximate surface area is 209 Å². The predicted octanol–water partition coefficient (Wildman–Crippen LogP) is 4.76. The van der Waals surface area contributed by atoms with E-state index in [0.717, 1.165) is 20.8 Å². The molecule has 0 aliphatic rings. The Kier molecular flexibility index (Phi) is 7.40. The van der Waals surface area contributed by atoms with E-state index in [4.69, 9.17) is 9.73 Å². The van der Waals surface area contributed by atoms with Crippen molar-refractivity contribution < 1.29 is 23.1 Å². The third-order valence-electron chi connectivity index (χ3n) is 5.63. The first-order chi connectivity index (χ1) is 17.3. The summed E-state index contributed by atoms with van der Waals surface area (Å²) in [4.78, 5) is 19.9. The van der Waals surface area contributed by atoms with Gasteiger partial charge >= 0.3 is 5.97 Å². The molecule has 0 saturated heterocycles. The number of aromatic nitrogens is 1. The standard InChI is InChI=1S/C27H27N3O5S/c1-3-35-24(31)18-30(36(33,34)4-2)21-16-14-20(15-17-21)28-26(19-10-6-5-7-11-19)25-22-12-8-9-13-23(22)29-27(25)32/h5-17,29,32H,3-4,18H2,1-2H3. The second-order valence-corrected chi connectivity index (χ2v) is 10.1. The third-order valence-corrected chi connectivity index (χ3v) is 7.37. The van der Waals surface area contributed by atoms with Gasteiger partial charge in [-0.3, -0.25) is 9.10 Å². The predicted molar refractivity (Wildman–Crippen MR) is 142 cm³/mol. The van der Waals surface area contributed by atoms with Gasteiger partial charge in [0.25, 0.3) is 0 Å². The Morgan fingerprint density at radius 3 is 2.31 bits per heavy atom. The topological polar surface area (TPSA) is 112 Å². The molecular weight excluding hydrogens is 478 g/mol. The molecule has 0 aliphatic carbocycles. The van der Waals surface area contributed by atoms with E-state index in [9.17, 15) is 18.3 Å². The summed E-state index contributed by atoms with van der Waals surface area (Å²) < 4.78 is 31.3. The second-order valence-electron chi connectivity index (χ2n) is 7.95. The molecule has 2 N–H and O–H groups in total. The summed E-state index contributed by atoms with van der Waals surface area (Å²) in [5.41, 5.74) is 3.59. The number of anilines is 1. The number of rotatable bonds is 9. The third kappa shape index (κ3) is 5.26. The lowest BCUT2D eigenvalue weighted by Gasteiger charge is -2.22. The fourth-order valence-electron chi connectivity index (χ4n) is 3.88. The lowest BCUT2D eigenvalue weighted by molar-refractivity contribution is -0.141. The molecule has 0 bridgehead atoms. The maximum absolute atomic E-state index is 12.7. The monoisotopic (exact) mass is 505 g/mol. The molecule has 0 saturated carbocycles. The van der Waals surface area contributed by atoms with Crippen molar-refractivity contribution in [2.75, 3.05) is 23.2 Å². The first kappa shape index (κ1) is 25.0. The van der Waals surface area contributed by atoms with Crippen molar-refractivity contribution in [1.29, 1.82) is 0 Å². The molecule has 0 radical (unpaired) electrons. The Morgan fingerprint density at radius 1 is 0.972 bits per heavy atom. The van der Waals surface area contributed by atoms with E-state index in [0.29, 0.717) is 22.6 Å². The van der Waals surface area contributed by atoms with Crippen LogP contribution in [0.1, 0.15) is 25.0 Å². The minimum absolute atomic E-state index is 0.00470. The molecule has 1 heterocycles. The zero-order valence-corrected chi connectivity index (χ0v) is 20.8. The van der Waals surface area contributed by atoms with Gasteiger partial charge in [-0.25, -0.2) is 13.4 Å². The largest absolute Gasteiger partial charge is 0.494 e. The molecule has 0 fully saturated rings. The average Bonchev–Trinajstić information content (AvgIpc) is 3.22. The van der Waals surface area contributed by atoms with E-state index in [1.54, 1.807) is 31.2 Å². The van der Waals surface area contributed by atoms with Crippen LogP contribution in [-0.2, 0) is 19.6 Å². The molecule has 4 aromatic rings. The number of nitrogens with zero attached hydrogens (tertiary/aromatic N) is 2. The average molecular weight is 506 g/mol. The number of carbonyl (C=O) groups is 1. The van der Waals surface area contributed by atoms with Crippen LogP contribution in [0.5, 0.6) is 5.88 Å². The minimum atomic E-state index is -3.71. The molecule has 0 unspecified atom stereocenters. The summed E-state index contributed by atoms with van der Waals surface area (Å²) in [5.74, 6) is -0.785. The van der Waals surface area contributed by atoms with Gasteiger partial charge in [-0.15, -0.1) is 0 Å². The first-order valence-corrected chi connectivity index (χ1v) is 13.1. The number of sulfonamides is 1. The van der Waals surface area contributed by atoms with Crippen LogP contribution in [0.15, 0.2) is 83.9 Å². The smallest absolute Gasteiger partial charge is 0.326 e. The summed E-state index contributed by atoms with van der Waals surface area (Å²) in [6.45, 7) is 2.94. The highest BCUT2D eigenvalue weighted by atomic mass is 32.2. The molecule has 186 valence electrons. The van der Waals surface area contributed by atoms with E-state index in [1.165, 1.54) is 6.92 Å². The van der Waals surface area contributed by atoms with Gasteiger partial charge in [0.1, 0.15) is 6.54 Å². The van der Waals surface area contributed by atoms with Gasteiger partial charge in [0.15, 0.2) is 5.88 Å². The van der Waals surface area contributed by atoms with Crippen LogP contribution in [-0.4, -0.2) is 49.1 Å². The molecule has 0 aliphatic heterocycles. The molecule has 36 heavy (non-hydrogen) atoms. The van der Waals surface area contributed by atoms with E-state index in [1.807, 2.05) is 54.6 Å². The normalized spacial score (nSPS) is 12.0. The Hall–Kier alpha value is -4.11. The first-order valence-electron chi connectivity index (χ1n) is 11.5. The summed E-state index contributed by atoms with van der Waals surface area (Å²) in [5, 5.41) is 11.6. The highest BCUT2D eigenvalue weighted by Crippen LogP contribution is 2.32. The van der Waals surface area contributed by atoms with Gasteiger partial charge in [0.2, 0.25) is 10.0 Å². The van der Waals surface area contributed by atoms with E-state index in [2.05, 4.69) is 4.98 Å². The maximum atomic E-state index is 12.7. The van der Waals surface area contributed by atoms with Crippen LogP contribution in [0.2, 0.25) is 0 Å². The van der Waals surface area contributed by atoms with Gasteiger partial charge in [-0.1, -0.05) is 48.5 Å². The number of ether oxygens (including phenoxy) is 1. The molecule has 0 amide bonds. The Morgan fingerprint density at radius 2 is 1.64 bits per heavy atom. The van der Waals surface area contributed by atoms with Crippen LogP contribution in [0.3, 0.4) is 0 Å². The summed E-state index contributed by atoms with van der Waals surface area (Å²) in [6.07, 6.45) is 0. The van der Waals surface area contributed by atoms with Gasteiger partial charge in [-0.05, 0) is 44.2 Å². The van der Waals surface area contributed by atoms with Crippen LogP contribution in [0.4, 0.5) is 11.4 Å². The Balaban J connectivity index is 1.78. The fraction of sp³-hybridized carbons (Fsp3) is 0.185. The SMILES string of the molecule is CCOC(=O)CN(c1ccc(N=C(c2ccccc2)c2c(O)[nH]c3ccccc23)cc1)S(=O)(=O)CC. The molecule has 0 spiro atoms.